The van der Waals surface area contributed by atoms with E-state index in [4.69, 9.17) is 26.2 Å². The van der Waals surface area contributed by atoms with Gasteiger partial charge in [0, 0.05) is 39.3 Å². The van der Waals surface area contributed by atoms with Crippen LogP contribution in [0.1, 0.15) is 54.4 Å². The summed E-state index contributed by atoms with van der Waals surface area (Å²) in [5.41, 5.74) is -1.00. The van der Waals surface area contributed by atoms with Crippen molar-refractivity contribution in [2.45, 2.75) is 71.6 Å². The summed E-state index contributed by atoms with van der Waals surface area (Å²) in [6.07, 6.45) is 1.25. The van der Waals surface area contributed by atoms with Crippen LogP contribution in [-0.2, 0) is 14.3 Å². The molecule has 2 aliphatic heterocycles. The van der Waals surface area contributed by atoms with Crippen LogP contribution in [0.25, 0.3) is 0 Å². The predicted octanol–water partition coefficient (Wildman–Crippen LogP) is 2.71. The lowest BCUT2D eigenvalue weighted by molar-refractivity contribution is -0.134. The Morgan fingerprint density at radius 1 is 0.857 bits per heavy atom. The fourth-order valence-electron chi connectivity index (χ4n) is 3.62. The van der Waals surface area contributed by atoms with Gasteiger partial charge in [-0.1, -0.05) is 0 Å². The molecule has 2 rings (SSSR count). The summed E-state index contributed by atoms with van der Waals surface area (Å²) in [4.78, 5) is 39.9. The Hall–Kier alpha value is -1.49. The lowest BCUT2D eigenvalue weighted by Crippen LogP contribution is -2.58. The first-order chi connectivity index (χ1) is 15.7. The Kier molecular flexibility index (Phi) is 14.3. The minimum atomic E-state index is -0.561. The third-order valence-corrected chi connectivity index (χ3v) is 5.44. The molecule has 2 heterocycles. The lowest BCUT2D eigenvalue weighted by atomic mass is 9.99. The van der Waals surface area contributed by atoms with E-state index in [1.54, 1.807) is 25.7 Å². The van der Waals surface area contributed by atoms with E-state index >= 15 is 0 Å². The number of amides is 3. The van der Waals surface area contributed by atoms with Gasteiger partial charge >= 0.3 is 12.2 Å². The molecule has 12 heteroatoms. The highest BCUT2D eigenvalue weighted by atomic mass is 35.5. The number of carbonyl (C=O) groups excluding carboxylic acids is 3. The average molecular weight is 545 g/mol. The molecule has 2 N–H and O–H groups in total. The first-order valence-corrected chi connectivity index (χ1v) is 12.3. The van der Waals surface area contributed by atoms with E-state index in [0.717, 1.165) is 19.4 Å². The van der Waals surface area contributed by atoms with Crippen molar-refractivity contribution in [3.8, 4) is 0 Å². The van der Waals surface area contributed by atoms with E-state index in [1.165, 1.54) is 9.80 Å². The number of aliphatic hydroxyl groups is 2. The van der Waals surface area contributed by atoms with Crippen molar-refractivity contribution >= 4 is 42.1 Å². The van der Waals surface area contributed by atoms with Gasteiger partial charge in [-0.2, -0.15) is 0 Å². The summed E-state index contributed by atoms with van der Waals surface area (Å²) < 4.78 is 10.5. The van der Waals surface area contributed by atoms with Crippen LogP contribution in [0, 0.1) is 5.92 Å². The van der Waals surface area contributed by atoms with Gasteiger partial charge in [0.1, 0.15) is 17.1 Å². The Morgan fingerprint density at radius 2 is 1.37 bits per heavy atom. The minimum Gasteiger partial charge on any atom is -0.444 e. The highest BCUT2D eigenvalue weighted by molar-refractivity contribution is 6.27. The van der Waals surface area contributed by atoms with E-state index < -0.39 is 23.3 Å². The Bertz CT molecular complexity index is 683. The van der Waals surface area contributed by atoms with Crippen LogP contribution in [0.4, 0.5) is 9.59 Å². The van der Waals surface area contributed by atoms with Crippen LogP contribution >= 0.6 is 24.0 Å². The summed E-state index contributed by atoms with van der Waals surface area (Å²) in [5, 5.41) is 18.4. The second kappa shape index (κ2) is 14.9. The molecule has 0 aliphatic carbocycles. The molecule has 0 saturated carbocycles. The SMILES string of the molecule is CC(C)(C)OC(=O)N1CCC[C@H](CO)C1.CC(C)(C)OC(=O)N1CCN(C(=O)CCl)[C@H](CO)C1.Cl. The van der Waals surface area contributed by atoms with E-state index in [9.17, 15) is 19.5 Å². The van der Waals surface area contributed by atoms with Crippen LogP contribution in [-0.4, -0.2) is 112 Å². The summed E-state index contributed by atoms with van der Waals surface area (Å²) in [6, 6.07) is -0.424. The number of piperazine rings is 1. The van der Waals surface area contributed by atoms with E-state index in [1.807, 2.05) is 20.8 Å². The van der Waals surface area contributed by atoms with Crippen molar-refractivity contribution in [3.63, 3.8) is 0 Å². The molecule has 0 aromatic rings. The van der Waals surface area contributed by atoms with Crippen LogP contribution in [0.5, 0.6) is 0 Å². The molecule has 0 bridgehead atoms. The first-order valence-electron chi connectivity index (χ1n) is 11.7. The maximum absolute atomic E-state index is 11.9. The lowest BCUT2D eigenvalue weighted by Gasteiger charge is -2.40. The van der Waals surface area contributed by atoms with Crippen molar-refractivity contribution < 1.29 is 34.1 Å². The minimum absolute atomic E-state index is 0. The summed E-state index contributed by atoms with van der Waals surface area (Å²) in [6.45, 7) is 13.3. The quantitative estimate of drug-likeness (QED) is 0.525. The van der Waals surface area contributed by atoms with E-state index in [0.29, 0.717) is 19.6 Å². The van der Waals surface area contributed by atoms with Crippen molar-refractivity contribution in [2.24, 2.45) is 5.92 Å². The fraction of sp³-hybridized carbons (Fsp3) is 0.870. The average Bonchev–Trinajstić information content (AvgIpc) is 2.76. The molecule has 0 aromatic carbocycles. The second-order valence-corrected chi connectivity index (χ2v) is 10.9. The highest BCUT2D eigenvalue weighted by Crippen LogP contribution is 2.19. The molecule has 35 heavy (non-hydrogen) atoms. The number of rotatable bonds is 3. The zero-order valence-corrected chi connectivity index (χ0v) is 23.4. The van der Waals surface area contributed by atoms with Crippen LogP contribution in [0.3, 0.4) is 0 Å². The normalized spacial score (nSPS) is 20.8. The summed E-state index contributed by atoms with van der Waals surface area (Å²) in [5.74, 6) is -0.140. The largest absolute Gasteiger partial charge is 0.444 e. The molecule has 10 nitrogen and oxygen atoms in total. The molecule has 0 spiro atoms. The number of alkyl halides is 1. The highest BCUT2D eigenvalue weighted by Gasteiger charge is 2.33. The van der Waals surface area contributed by atoms with Crippen molar-refractivity contribution in [3.05, 3.63) is 0 Å². The number of ether oxygens (including phenoxy) is 2. The van der Waals surface area contributed by atoms with Gasteiger partial charge in [-0.15, -0.1) is 24.0 Å². The third kappa shape index (κ3) is 12.3. The second-order valence-electron chi connectivity index (χ2n) is 10.6. The topological polar surface area (TPSA) is 120 Å². The summed E-state index contributed by atoms with van der Waals surface area (Å²) >= 11 is 5.52. The number of aliphatic hydroxyl groups excluding tert-OH is 2. The molecule has 2 fully saturated rings. The molecule has 0 unspecified atom stereocenters. The maximum atomic E-state index is 11.9. The molecular formula is C23H43Cl2N3O7. The molecule has 0 radical (unpaired) electrons. The fourth-order valence-corrected chi connectivity index (χ4v) is 3.77. The molecule has 2 saturated heterocycles. The molecule has 206 valence electrons. The molecule has 2 atom stereocenters. The van der Waals surface area contributed by atoms with Crippen LogP contribution in [0.15, 0.2) is 0 Å². The number of likely N-dealkylation sites (tertiary alicyclic amines) is 1. The summed E-state index contributed by atoms with van der Waals surface area (Å²) in [7, 11) is 0. The van der Waals surface area contributed by atoms with Crippen molar-refractivity contribution in [1.29, 1.82) is 0 Å². The van der Waals surface area contributed by atoms with Gasteiger partial charge in [0.25, 0.3) is 0 Å². The number of nitrogens with zero attached hydrogens (tertiary/aromatic N) is 3. The van der Waals surface area contributed by atoms with Gasteiger partial charge in [0.05, 0.1) is 12.6 Å². The van der Waals surface area contributed by atoms with Crippen LogP contribution < -0.4 is 0 Å². The number of hydrogen-bond donors (Lipinski definition) is 2. The van der Waals surface area contributed by atoms with E-state index in [2.05, 4.69) is 0 Å². The third-order valence-electron chi connectivity index (χ3n) is 5.21. The number of hydrogen-bond acceptors (Lipinski definition) is 7. The van der Waals surface area contributed by atoms with Gasteiger partial charge in [-0.3, -0.25) is 4.79 Å². The smallest absolute Gasteiger partial charge is 0.410 e. The predicted molar refractivity (Wildman–Crippen MR) is 136 cm³/mol. The molecular weight excluding hydrogens is 501 g/mol. The molecule has 2 aliphatic rings. The van der Waals surface area contributed by atoms with Gasteiger partial charge in [-0.05, 0) is 60.3 Å². The van der Waals surface area contributed by atoms with Crippen molar-refractivity contribution in [1.82, 2.24) is 14.7 Å². The zero-order chi connectivity index (χ0) is 26.1. The number of halogens is 2. The Morgan fingerprint density at radius 3 is 1.80 bits per heavy atom. The molecule has 0 aromatic heterocycles. The van der Waals surface area contributed by atoms with Gasteiger partial charge in [-0.25, -0.2) is 9.59 Å². The number of piperidine rings is 1. The zero-order valence-electron chi connectivity index (χ0n) is 21.8. The Balaban J connectivity index is 0.000000659. The van der Waals surface area contributed by atoms with Gasteiger partial charge in [0.15, 0.2) is 0 Å². The van der Waals surface area contributed by atoms with Gasteiger partial charge in [0.2, 0.25) is 5.91 Å². The number of carbonyl (C=O) groups is 3. The monoisotopic (exact) mass is 543 g/mol. The Labute approximate surface area is 220 Å². The van der Waals surface area contributed by atoms with Crippen LogP contribution in [0.2, 0.25) is 0 Å². The molecule has 3 amide bonds. The first kappa shape index (κ1) is 33.5. The van der Waals surface area contributed by atoms with Gasteiger partial charge < -0.3 is 34.4 Å². The van der Waals surface area contributed by atoms with E-state index in [-0.39, 0.29) is 56.0 Å². The van der Waals surface area contributed by atoms with Crippen molar-refractivity contribution in [2.75, 3.05) is 51.8 Å². The standard InChI is InChI=1S/C12H21ClN2O4.C11H21NO3.ClH/c1-12(2,3)19-11(18)14-4-5-15(10(17)6-13)9(7-14)8-16;1-11(2,3)15-10(14)12-6-4-5-9(7-12)8-13;/h9,16H,4-8H2,1-3H3;9,13H,4-8H2,1-3H3;1H/t2*9-;/m00./s1. The maximum Gasteiger partial charge on any atom is 0.410 e.